The summed E-state index contributed by atoms with van der Waals surface area (Å²) in [5.41, 5.74) is 1.34. The van der Waals surface area contributed by atoms with Crippen molar-refractivity contribution >= 4 is 22.6 Å². The highest BCUT2D eigenvalue weighted by molar-refractivity contribution is 14.1. The zero-order valence-electron chi connectivity index (χ0n) is 10.4. The van der Waals surface area contributed by atoms with Crippen molar-refractivity contribution in [2.45, 2.75) is 10.8 Å². The molecule has 0 radical (unpaired) electrons. The molecule has 0 unspecified atom stereocenters. The van der Waals surface area contributed by atoms with Gasteiger partial charge in [-0.1, -0.05) is 41.6 Å². The molecule has 0 spiro atoms. The number of hydrogen-bond acceptors (Lipinski definition) is 2. The lowest BCUT2D eigenvalue weighted by Crippen LogP contribution is -2.22. The van der Waals surface area contributed by atoms with E-state index >= 15 is 0 Å². The van der Waals surface area contributed by atoms with Crippen LogP contribution in [-0.2, 0) is 0 Å². The van der Waals surface area contributed by atoms with Crippen LogP contribution in [0.1, 0.15) is 16.4 Å². The van der Waals surface area contributed by atoms with Gasteiger partial charge in [-0.3, -0.25) is 0 Å². The average Bonchev–Trinajstić information content (AvgIpc) is 2.27. The highest BCUT2D eigenvalue weighted by Crippen LogP contribution is 2.33. The maximum atomic E-state index is 5.25. The van der Waals surface area contributed by atoms with Crippen LogP contribution in [-0.4, -0.2) is 32.6 Å². The molecule has 1 rings (SSSR count). The van der Waals surface area contributed by atoms with Gasteiger partial charge in [0, 0.05) is 10.5 Å². The molecule has 0 aliphatic heterocycles. The van der Waals surface area contributed by atoms with Crippen molar-refractivity contribution < 1.29 is 4.74 Å². The van der Waals surface area contributed by atoms with Crippen LogP contribution < -0.4 is 4.74 Å². The number of methoxy groups -OCH3 is 1. The number of nitrogens with zero attached hydrogens (tertiary/aromatic N) is 1. The second-order valence-electron chi connectivity index (χ2n) is 4.42. The van der Waals surface area contributed by atoms with E-state index in [2.05, 4.69) is 66.7 Å². The monoisotopic (exact) mass is 333 g/mol. The summed E-state index contributed by atoms with van der Waals surface area (Å²) in [7, 11) is 5.95. The summed E-state index contributed by atoms with van der Waals surface area (Å²) in [6.45, 7) is 3.39. The second kappa shape index (κ2) is 6.45. The van der Waals surface area contributed by atoms with Crippen molar-refractivity contribution in [3.63, 3.8) is 0 Å². The Balaban J connectivity index is 2.74. The maximum Gasteiger partial charge on any atom is 0.119 e. The van der Waals surface area contributed by atoms with Crippen LogP contribution >= 0.6 is 22.6 Å². The number of rotatable bonds is 5. The Morgan fingerprint density at radius 2 is 2.06 bits per heavy atom. The van der Waals surface area contributed by atoms with Gasteiger partial charge in [-0.15, -0.1) is 0 Å². The first kappa shape index (κ1) is 13.8. The topological polar surface area (TPSA) is 12.5 Å². The van der Waals surface area contributed by atoms with Crippen molar-refractivity contribution in [2.24, 2.45) is 5.92 Å². The smallest absolute Gasteiger partial charge is 0.119 e. The minimum Gasteiger partial charge on any atom is -0.497 e. The second-order valence-corrected chi connectivity index (χ2v) is 5.76. The molecule has 3 heteroatoms. The normalized spacial score (nSPS) is 14.9. The quantitative estimate of drug-likeness (QED) is 0.605. The largest absolute Gasteiger partial charge is 0.497 e. The van der Waals surface area contributed by atoms with Crippen LogP contribution in [0.15, 0.2) is 24.3 Å². The van der Waals surface area contributed by atoms with Crippen molar-refractivity contribution in [1.29, 1.82) is 0 Å². The third kappa shape index (κ3) is 3.94. The van der Waals surface area contributed by atoms with E-state index in [9.17, 15) is 0 Å². The molecule has 2 atom stereocenters. The highest BCUT2D eigenvalue weighted by atomic mass is 127. The number of ether oxygens (including phenoxy) is 1. The number of alkyl halides is 1. The highest BCUT2D eigenvalue weighted by Gasteiger charge is 2.17. The van der Waals surface area contributed by atoms with Gasteiger partial charge >= 0.3 is 0 Å². The van der Waals surface area contributed by atoms with Gasteiger partial charge in [-0.2, -0.15) is 0 Å². The predicted molar refractivity (Wildman–Crippen MR) is 77.5 cm³/mol. The van der Waals surface area contributed by atoms with E-state index in [0.717, 1.165) is 12.3 Å². The van der Waals surface area contributed by atoms with Crippen molar-refractivity contribution in [2.75, 3.05) is 27.7 Å². The van der Waals surface area contributed by atoms with Gasteiger partial charge in [0.2, 0.25) is 0 Å². The summed E-state index contributed by atoms with van der Waals surface area (Å²) in [6.07, 6.45) is 0. The van der Waals surface area contributed by atoms with Crippen LogP contribution in [0.25, 0.3) is 0 Å². The number of halogens is 1. The van der Waals surface area contributed by atoms with Gasteiger partial charge in [0.05, 0.1) is 7.11 Å². The van der Waals surface area contributed by atoms with Gasteiger partial charge in [0.1, 0.15) is 5.75 Å². The third-order valence-corrected chi connectivity index (χ3v) is 4.51. The molecule has 0 aliphatic rings. The Bertz CT molecular complexity index is 327. The first-order valence-electron chi connectivity index (χ1n) is 5.47. The van der Waals surface area contributed by atoms with Gasteiger partial charge in [-0.25, -0.2) is 0 Å². The molecular formula is C13H20INO. The van der Waals surface area contributed by atoms with Gasteiger partial charge in [0.25, 0.3) is 0 Å². The van der Waals surface area contributed by atoms with Gasteiger partial charge < -0.3 is 9.64 Å². The molecule has 0 fully saturated rings. The van der Waals surface area contributed by atoms with Crippen LogP contribution in [0, 0.1) is 5.92 Å². The zero-order chi connectivity index (χ0) is 12.1. The Morgan fingerprint density at radius 1 is 1.38 bits per heavy atom. The Morgan fingerprint density at radius 3 is 2.62 bits per heavy atom. The summed E-state index contributed by atoms with van der Waals surface area (Å²) >= 11 is 2.52. The molecule has 0 N–H and O–H groups in total. The van der Waals surface area contributed by atoms with E-state index in [1.807, 2.05) is 6.07 Å². The molecule has 1 aromatic rings. The van der Waals surface area contributed by atoms with Gasteiger partial charge in [-0.05, 0) is 37.7 Å². The standard InChI is InChI=1S/C13H20INO/c1-10(9-15(2)3)13(14)11-6-5-7-12(8-11)16-4/h5-8,10,13H,9H2,1-4H3/t10-,13+/m0/s1. The van der Waals surface area contributed by atoms with E-state index in [-0.39, 0.29) is 0 Å². The zero-order valence-corrected chi connectivity index (χ0v) is 12.6. The molecule has 0 bridgehead atoms. The lowest BCUT2D eigenvalue weighted by molar-refractivity contribution is 0.339. The van der Waals surface area contributed by atoms with E-state index in [1.165, 1.54) is 5.56 Å². The predicted octanol–water partition coefficient (Wildman–Crippen LogP) is 3.37. The van der Waals surface area contributed by atoms with Crippen LogP contribution in [0.3, 0.4) is 0 Å². The van der Waals surface area contributed by atoms with Crippen molar-refractivity contribution in [3.8, 4) is 5.75 Å². The Kier molecular flexibility index (Phi) is 5.55. The summed E-state index contributed by atoms with van der Waals surface area (Å²) in [5.74, 6) is 1.57. The van der Waals surface area contributed by atoms with E-state index < -0.39 is 0 Å². The fraction of sp³-hybridized carbons (Fsp3) is 0.538. The Hall–Kier alpha value is -0.290. The van der Waals surface area contributed by atoms with E-state index in [0.29, 0.717) is 9.84 Å². The Labute approximate surface area is 112 Å². The molecule has 0 saturated carbocycles. The third-order valence-electron chi connectivity index (χ3n) is 2.56. The molecule has 1 aromatic carbocycles. The van der Waals surface area contributed by atoms with E-state index in [4.69, 9.17) is 4.74 Å². The first-order chi connectivity index (χ1) is 7.54. The molecule has 90 valence electrons. The lowest BCUT2D eigenvalue weighted by Gasteiger charge is -2.22. The fourth-order valence-corrected chi connectivity index (χ4v) is 2.42. The minimum atomic E-state index is 0.523. The summed E-state index contributed by atoms with van der Waals surface area (Å²) in [6, 6.07) is 8.35. The average molecular weight is 333 g/mol. The SMILES string of the molecule is COc1cccc([C@H](I)[C@@H](C)CN(C)C)c1. The molecule has 0 heterocycles. The van der Waals surface area contributed by atoms with Crippen LogP contribution in [0.4, 0.5) is 0 Å². The lowest BCUT2D eigenvalue weighted by atomic mass is 10.0. The molecule has 2 nitrogen and oxygen atoms in total. The number of benzene rings is 1. The van der Waals surface area contributed by atoms with Crippen LogP contribution in [0.2, 0.25) is 0 Å². The molecule has 0 amide bonds. The molecular weight excluding hydrogens is 313 g/mol. The summed E-state index contributed by atoms with van der Waals surface area (Å²) in [5, 5.41) is 0. The van der Waals surface area contributed by atoms with E-state index in [1.54, 1.807) is 7.11 Å². The maximum absolute atomic E-state index is 5.25. The molecule has 0 aromatic heterocycles. The summed E-state index contributed by atoms with van der Waals surface area (Å²) < 4.78 is 5.78. The fourth-order valence-electron chi connectivity index (χ4n) is 1.81. The number of hydrogen-bond donors (Lipinski definition) is 0. The van der Waals surface area contributed by atoms with Gasteiger partial charge in [0.15, 0.2) is 0 Å². The molecule has 0 saturated heterocycles. The van der Waals surface area contributed by atoms with Crippen LogP contribution in [0.5, 0.6) is 5.75 Å². The minimum absolute atomic E-state index is 0.523. The molecule has 16 heavy (non-hydrogen) atoms. The van der Waals surface area contributed by atoms with Crippen molar-refractivity contribution in [3.05, 3.63) is 29.8 Å². The van der Waals surface area contributed by atoms with Crippen molar-refractivity contribution in [1.82, 2.24) is 4.90 Å². The summed E-state index contributed by atoms with van der Waals surface area (Å²) in [4.78, 5) is 2.23. The molecule has 0 aliphatic carbocycles. The first-order valence-corrected chi connectivity index (χ1v) is 6.72.